The number of carbonyl (C=O) groups excluding carboxylic acids is 1. The van der Waals surface area contributed by atoms with Crippen molar-refractivity contribution in [2.75, 3.05) is 28.3 Å². The first-order chi connectivity index (χ1) is 28.9. The van der Waals surface area contributed by atoms with E-state index >= 15 is 0 Å². The van der Waals surface area contributed by atoms with E-state index in [4.69, 9.17) is 38.4 Å². The second-order valence-corrected chi connectivity index (χ2v) is 19.8. The Bertz CT molecular complexity index is 1580. The van der Waals surface area contributed by atoms with Gasteiger partial charge in [-0.2, -0.15) is 0 Å². The quantitative estimate of drug-likeness (QED) is 0.193. The van der Waals surface area contributed by atoms with Gasteiger partial charge in [-0.25, -0.2) is 0 Å². The van der Waals surface area contributed by atoms with Gasteiger partial charge < -0.3 is 58.6 Å². The first-order valence-corrected chi connectivity index (χ1v) is 22.9. The van der Waals surface area contributed by atoms with E-state index in [9.17, 15) is 25.2 Å². The molecule has 2 aliphatic heterocycles. The van der Waals surface area contributed by atoms with Gasteiger partial charge in [0.05, 0.1) is 53.0 Å². The van der Waals surface area contributed by atoms with Gasteiger partial charge in [0.15, 0.2) is 12.6 Å². The number of carbonyl (C=O) groups is 1. The summed E-state index contributed by atoms with van der Waals surface area (Å²) < 4.78 is 39.1. The summed E-state index contributed by atoms with van der Waals surface area (Å²) in [7, 11) is 6.98. The average Bonchev–Trinajstić information content (AvgIpc) is 3.22. The summed E-state index contributed by atoms with van der Waals surface area (Å²) in [6.07, 6.45) is -6.19. The predicted molar refractivity (Wildman–Crippen MR) is 237 cm³/mol. The molecular weight excluding hydrogens is 797 g/mol. The molecule has 4 N–H and O–H groups in total. The van der Waals surface area contributed by atoms with Crippen LogP contribution in [-0.2, 0) is 44.5 Å². The number of nitrogens with zero attached hydrogens (tertiary/aromatic N) is 2. The summed E-state index contributed by atoms with van der Waals surface area (Å²) >= 11 is 0. The van der Waals surface area contributed by atoms with Gasteiger partial charge in [0.1, 0.15) is 24.1 Å². The molecule has 62 heavy (non-hydrogen) atoms. The van der Waals surface area contributed by atoms with E-state index in [0.29, 0.717) is 25.0 Å². The Morgan fingerprint density at radius 3 is 2.10 bits per heavy atom. The Balaban J connectivity index is 1.89. The molecule has 1 aromatic rings. The van der Waals surface area contributed by atoms with Crippen LogP contribution in [0, 0.1) is 29.6 Å². The third-order valence-corrected chi connectivity index (χ3v) is 14.6. The molecule has 3 fully saturated rings. The van der Waals surface area contributed by atoms with Crippen LogP contribution < -0.4 is 0 Å². The van der Waals surface area contributed by atoms with E-state index < -0.39 is 95.6 Å². The highest BCUT2D eigenvalue weighted by atomic mass is 16.7. The number of ketones is 1. The van der Waals surface area contributed by atoms with E-state index in [1.807, 2.05) is 112 Å². The number of oxime groups is 1. The lowest BCUT2D eigenvalue weighted by Gasteiger charge is -2.50. The fourth-order valence-electron chi connectivity index (χ4n) is 10.3. The van der Waals surface area contributed by atoms with Crippen molar-refractivity contribution in [1.29, 1.82) is 0 Å². The molecule has 2 heterocycles. The first-order valence-electron chi connectivity index (χ1n) is 22.9. The van der Waals surface area contributed by atoms with Gasteiger partial charge in [-0.15, -0.1) is 0 Å². The zero-order valence-electron chi connectivity index (χ0n) is 40.3. The zero-order chi connectivity index (χ0) is 46.5. The molecule has 3 aliphatic rings. The molecule has 356 valence electrons. The van der Waals surface area contributed by atoms with Crippen LogP contribution in [0.5, 0.6) is 0 Å². The van der Waals surface area contributed by atoms with Crippen molar-refractivity contribution in [2.45, 2.75) is 199 Å². The van der Waals surface area contributed by atoms with Crippen molar-refractivity contribution in [3.05, 3.63) is 35.9 Å². The minimum Gasteiger partial charge on any atom is -0.392 e. The predicted octanol–water partition coefficient (Wildman–Crippen LogP) is 5.54. The third-order valence-electron chi connectivity index (χ3n) is 14.6. The average molecular weight is 879 g/mol. The molecule has 2 saturated heterocycles. The van der Waals surface area contributed by atoms with E-state index in [1.165, 1.54) is 0 Å². The third kappa shape index (κ3) is 12.0. The summed E-state index contributed by atoms with van der Waals surface area (Å²) in [5, 5.41) is 52.2. The van der Waals surface area contributed by atoms with E-state index in [-0.39, 0.29) is 43.3 Å². The summed E-state index contributed by atoms with van der Waals surface area (Å²) in [5.74, 6) is -3.33. The number of hydrogen-bond donors (Lipinski definition) is 4. The molecule has 1 aliphatic carbocycles. The number of hydrogen-bond acceptors (Lipinski definition) is 14. The lowest BCUT2D eigenvalue weighted by Crippen LogP contribution is -2.61. The number of aliphatic hydroxyl groups is 4. The SMILES string of the molecule is CC[C@H]1CC(=O)[C@H](C)[C@@H](O[C@H]2C[C@@](C)(OC)[C@@H](O)[C@H](C)O2)[C@H](C)[C@@H](O[C@@H]2O[C@H](C)C[C@H](N(C)C)[C@H]2O)[C@](C)(OC)C[C@@H](C)/C(=N\OC(C)Cc2ccccc2)[C@H](C)[C@@H](O)[C@]1(C)O. The molecule has 1 unspecified atom stereocenters. The summed E-state index contributed by atoms with van der Waals surface area (Å²) in [6.45, 7) is 20.5. The van der Waals surface area contributed by atoms with Gasteiger partial charge in [-0.3, -0.25) is 4.79 Å². The molecule has 19 atom stereocenters. The molecule has 0 amide bonds. The van der Waals surface area contributed by atoms with Gasteiger partial charge in [0.25, 0.3) is 0 Å². The number of methoxy groups -OCH3 is 2. The number of ether oxygens (including phenoxy) is 6. The van der Waals surface area contributed by atoms with Crippen molar-refractivity contribution in [3.63, 3.8) is 0 Å². The van der Waals surface area contributed by atoms with Crippen LogP contribution >= 0.6 is 0 Å². The molecule has 1 saturated carbocycles. The number of rotatable bonds is 12. The van der Waals surface area contributed by atoms with Gasteiger partial charge in [-0.1, -0.05) is 76.5 Å². The van der Waals surface area contributed by atoms with Gasteiger partial charge in [0, 0.05) is 63.2 Å². The second kappa shape index (κ2) is 21.9. The van der Waals surface area contributed by atoms with Crippen LogP contribution in [0.1, 0.15) is 114 Å². The fourth-order valence-corrected chi connectivity index (χ4v) is 10.3. The van der Waals surface area contributed by atoms with Crippen molar-refractivity contribution in [3.8, 4) is 0 Å². The van der Waals surface area contributed by atoms with Crippen LogP contribution in [0.15, 0.2) is 35.5 Å². The monoisotopic (exact) mass is 879 g/mol. The molecule has 0 spiro atoms. The molecule has 14 nitrogen and oxygen atoms in total. The van der Waals surface area contributed by atoms with E-state index in [0.717, 1.165) is 5.56 Å². The van der Waals surface area contributed by atoms with Crippen molar-refractivity contribution in [1.82, 2.24) is 4.90 Å². The highest BCUT2D eigenvalue weighted by molar-refractivity contribution is 5.89. The van der Waals surface area contributed by atoms with Gasteiger partial charge >= 0.3 is 0 Å². The van der Waals surface area contributed by atoms with Crippen molar-refractivity contribution in [2.24, 2.45) is 34.7 Å². The Kier molecular flexibility index (Phi) is 18.6. The van der Waals surface area contributed by atoms with Crippen LogP contribution in [0.25, 0.3) is 0 Å². The van der Waals surface area contributed by atoms with Crippen LogP contribution in [0.4, 0.5) is 0 Å². The molecule has 14 heteroatoms. The molecule has 0 aromatic heterocycles. The van der Waals surface area contributed by atoms with Crippen molar-refractivity contribution >= 4 is 11.5 Å². The van der Waals surface area contributed by atoms with Gasteiger partial charge in [0.2, 0.25) is 0 Å². The number of Topliss-reactive ketones (excluding diaryl/α,β-unsaturated/α-hetero) is 1. The largest absolute Gasteiger partial charge is 0.392 e. The molecule has 0 radical (unpaired) electrons. The lowest BCUT2D eigenvalue weighted by molar-refractivity contribution is -0.318. The Morgan fingerprint density at radius 2 is 1.52 bits per heavy atom. The van der Waals surface area contributed by atoms with E-state index in [2.05, 4.69) is 0 Å². The fraction of sp³-hybridized carbons (Fsp3) is 0.833. The standard InChI is InChI=1S/C48H82N2O12/c1-16-35-24-37(51)30(5)41(60-38-26-46(9,56-14)43(54)33(8)59-38)32(7)44(61-45-40(52)36(50(12)13)23-28(3)58-45)47(10,57-15)25-27(2)39(31(6)42(53)48(35,11)55)49-62-29(4)22-34-20-18-17-19-21-34/h17-21,27-33,35-36,38,40-45,52-55H,16,22-26H2,1-15H3/b49-39+/t27-,28-,29?,30+,31+,32+,33+,35+,36+,38+,40-,41-,42-,43+,44-,45+,46-,47-,48-/m1/s1. The lowest BCUT2D eigenvalue weighted by atomic mass is 9.69. The van der Waals surface area contributed by atoms with Crippen LogP contribution in [0.2, 0.25) is 0 Å². The number of benzene rings is 1. The maximum absolute atomic E-state index is 14.7. The number of likely N-dealkylation sites (N-methyl/N-ethyl adjacent to an activating group) is 1. The molecule has 0 bridgehead atoms. The Hall–Kier alpha value is -2.08. The maximum atomic E-state index is 14.7. The zero-order valence-corrected chi connectivity index (χ0v) is 40.3. The van der Waals surface area contributed by atoms with Gasteiger partial charge in [-0.05, 0) is 80.0 Å². The minimum atomic E-state index is -1.70. The Labute approximate surface area is 371 Å². The minimum absolute atomic E-state index is 0.0519. The van der Waals surface area contributed by atoms with Crippen LogP contribution in [-0.4, -0.2) is 149 Å². The smallest absolute Gasteiger partial charge is 0.185 e. The molecule has 4 rings (SSSR count). The topological polar surface area (TPSA) is 178 Å². The normalized spacial score (nSPS) is 44.2. The first kappa shape index (κ1) is 52.5. The summed E-state index contributed by atoms with van der Waals surface area (Å²) in [4.78, 5) is 22.9. The highest BCUT2D eigenvalue weighted by Gasteiger charge is 2.53. The number of aliphatic hydroxyl groups excluding tert-OH is 3. The highest BCUT2D eigenvalue weighted by Crippen LogP contribution is 2.43. The summed E-state index contributed by atoms with van der Waals surface area (Å²) in [5.41, 5.74) is -2.26. The molecular formula is C48H82N2O12. The Morgan fingerprint density at radius 1 is 0.887 bits per heavy atom. The molecule has 1 aromatic carbocycles. The van der Waals surface area contributed by atoms with Crippen molar-refractivity contribution < 1.29 is 58.5 Å². The second-order valence-electron chi connectivity index (χ2n) is 19.8. The maximum Gasteiger partial charge on any atom is 0.185 e. The van der Waals surface area contributed by atoms with Crippen LogP contribution in [0.3, 0.4) is 0 Å². The van der Waals surface area contributed by atoms with E-state index in [1.54, 1.807) is 28.1 Å². The summed E-state index contributed by atoms with van der Waals surface area (Å²) in [6, 6.07) is 9.73.